The molecule has 194 valence electrons. The molecule has 0 unspecified atom stereocenters. The highest BCUT2D eigenvalue weighted by atomic mass is 19.4. The summed E-state index contributed by atoms with van der Waals surface area (Å²) in [5.74, 6) is -3.01. The third-order valence-corrected chi connectivity index (χ3v) is 5.89. The molecule has 3 aromatic rings. The Hall–Kier alpha value is -4.00. The molecule has 13 heteroatoms. The molecule has 4 rings (SSSR count). The largest absolute Gasteiger partial charge is 0.418 e. The number of hydrogen-bond donors (Lipinski definition) is 2. The van der Waals surface area contributed by atoms with Gasteiger partial charge in [-0.2, -0.15) is 13.2 Å². The van der Waals surface area contributed by atoms with E-state index < -0.39 is 40.4 Å². The van der Waals surface area contributed by atoms with Crippen molar-refractivity contribution in [3.8, 4) is 0 Å². The van der Waals surface area contributed by atoms with E-state index >= 15 is 0 Å². The Morgan fingerprint density at radius 3 is 2.49 bits per heavy atom. The Labute approximate surface area is 207 Å². The number of pyridine rings is 1. The number of ether oxygens (including phenoxy) is 1. The number of alkyl halides is 3. The van der Waals surface area contributed by atoms with E-state index in [1.54, 1.807) is 0 Å². The minimum atomic E-state index is -4.84. The predicted molar refractivity (Wildman–Crippen MR) is 120 cm³/mol. The second kappa shape index (κ2) is 10.5. The summed E-state index contributed by atoms with van der Waals surface area (Å²) >= 11 is 0. The van der Waals surface area contributed by atoms with Crippen molar-refractivity contribution < 1.29 is 36.3 Å². The maximum Gasteiger partial charge on any atom is 0.418 e. The van der Waals surface area contributed by atoms with Gasteiger partial charge in [-0.3, -0.25) is 14.6 Å². The summed E-state index contributed by atoms with van der Waals surface area (Å²) in [4.78, 5) is 37.1. The van der Waals surface area contributed by atoms with Crippen molar-refractivity contribution in [1.82, 2.24) is 20.3 Å². The average molecular weight is 521 g/mol. The summed E-state index contributed by atoms with van der Waals surface area (Å²) < 4.78 is 73.7. The van der Waals surface area contributed by atoms with E-state index in [4.69, 9.17) is 4.74 Å². The highest BCUT2D eigenvalue weighted by Crippen LogP contribution is 2.38. The summed E-state index contributed by atoms with van der Waals surface area (Å²) in [5, 5.41) is 4.77. The molecule has 1 saturated heterocycles. The van der Waals surface area contributed by atoms with Crippen LogP contribution in [0.25, 0.3) is 0 Å². The third-order valence-electron chi connectivity index (χ3n) is 5.89. The van der Waals surface area contributed by atoms with Crippen LogP contribution in [0.5, 0.6) is 0 Å². The Kier molecular flexibility index (Phi) is 7.43. The van der Waals surface area contributed by atoms with Crippen molar-refractivity contribution in [3.05, 3.63) is 77.6 Å². The zero-order chi connectivity index (χ0) is 26.6. The van der Waals surface area contributed by atoms with E-state index in [2.05, 4.69) is 25.6 Å². The second-order valence-electron chi connectivity index (χ2n) is 8.43. The predicted octanol–water partition coefficient (Wildman–Crippen LogP) is 4.21. The Morgan fingerprint density at radius 1 is 1.08 bits per heavy atom. The van der Waals surface area contributed by atoms with Crippen molar-refractivity contribution in [2.75, 3.05) is 18.5 Å². The number of Topliss-reactive ketones (excluding diaryl/α,β-unsaturated/α-hetero) is 1. The zero-order valence-corrected chi connectivity index (χ0v) is 19.1. The normalized spacial score (nSPS) is 17.4. The monoisotopic (exact) mass is 521 g/mol. The highest BCUT2D eigenvalue weighted by Gasteiger charge is 2.44. The quantitative estimate of drug-likeness (QED) is 0.338. The standard InChI is InChI=1S/C24H20F5N5O3/c25-17-3-1-2-16(24(27,28)29)21(17)34-15-6-18(26)19(32-10-15)11-33-22(36)23(4-5-37-12-23)7-20(35)14-8-30-13-31-9-14/h1-3,6,8-10,13,34H,4-5,7,11-12H2,(H,33,36)/t23-/m0/s1. The average Bonchev–Trinajstić information content (AvgIpc) is 3.34. The van der Waals surface area contributed by atoms with Gasteiger partial charge in [-0.1, -0.05) is 6.07 Å². The number of anilines is 2. The van der Waals surface area contributed by atoms with Gasteiger partial charge in [-0.15, -0.1) is 0 Å². The molecule has 3 heterocycles. The Morgan fingerprint density at radius 2 is 1.84 bits per heavy atom. The van der Waals surface area contributed by atoms with E-state index in [1.807, 2.05) is 0 Å². The van der Waals surface area contributed by atoms with E-state index in [0.29, 0.717) is 6.07 Å². The lowest BCUT2D eigenvalue weighted by Gasteiger charge is -2.25. The van der Waals surface area contributed by atoms with E-state index in [-0.39, 0.29) is 55.3 Å². The summed E-state index contributed by atoms with van der Waals surface area (Å²) in [5.41, 5.74) is -3.50. The minimum absolute atomic E-state index is 0.0127. The van der Waals surface area contributed by atoms with Crippen LogP contribution in [0, 0.1) is 17.0 Å². The number of benzene rings is 1. The van der Waals surface area contributed by atoms with Crippen LogP contribution in [0.4, 0.5) is 33.3 Å². The first-order valence-electron chi connectivity index (χ1n) is 11.0. The first-order valence-corrected chi connectivity index (χ1v) is 11.0. The van der Waals surface area contributed by atoms with Crippen LogP contribution < -0.4 is 10.6 Å². The van der Waals surface area contributed by atoms with Crippen LogP contribution >= 0.6 is 0 Å². The van der Waals surface area contributed by atoms with Crippen LogP contribution in [0.2, 0.25) is 0 Å². The van der Waals surface area contributed by atoms with Gasteiger partial charge in [0.1, 0.15) is 18.0 Å². The molecular formula is C24H20F5N5O3. The van der Waals surface area contributed by atoms with E-state index in [1.165, 1.54) is 18.7 Å². The molecule has 1 aliphatic rings. The molecule has 0 radical (unpaired) electrons. The molecule has 2 aromatic heterocycles. The number of rotatable bonds is 8. The third kappa shape index (κ3) is 5.88. The van der Waals surface area contributed by atoms with Gasteiger partial charge in [-0.25, -0.2) is 18.7 Å². The van der Waals surface area contributed by atoms with E-state index in [0.717, 1.165) is 24.4 Å². The van der Waals surface area contributed by atoms with Crippen molar-refractivity contribution >= 4 is 23.1 Å². The van der Waals surface area contributed by atoms with Gasteiger partial charge in [0.2, 0.25) is 5.91 Å². The molecular weight excluding hydrogens is 501 g/mol. The van der Waals surface area contributed by atoms with Crippen molar-refractivity contribution in [2.45, 2.75) is 25.6 Å². The molecule has 0 saturated carbocycles. The molecule has 0 aliphatic carbocycles. The van der Waals surface area contributed by atoms with Gasteiger partial charge in [-0.05, 0) is 18.6 Å². The van der Waals surface area contributed by atoms with Crippen LogP contribution in [-0.4, -0.2) is 39.9 Å². The van der Waals surface area contributed by atoms with Crippen LogP contribution in [-0.2, 0) is 22.3 Å². The SMILES string of the molecule is O=C(C[C@@]1(C(=O)NCc2ncc(Nc3c(F)cccc3C(F)(F)F)cc2F)CCOC1)c1cncnc1. The number of nitrogens with zero attached hydrogens (tertiary/aromatic N) is 3. The van der Waals surface area contributed by atoms with Crippen LogP contribution in [0.1, 0.15) is 34.5 Å². The zero-order valence-electron chi connectivity index (χ0n) is 19.1. The summed E-state index contributed by atoms with van der Waals surface area (Å²) in [7, 11) is 0. The second-order valence-corrected chi connectivity index (χ2v) is 8.43. The van der Waals surface area contributed by atoms with Gasteiger partial charge in [0.25, 0.3) is 0 Å². The van der Waals surface area contributed by atoms with Gasteiger partial charge in [0.05, 0.1) is 53.0 Å². The fourth-order valence-corrected chi connectivity index (χ4v) is 3.91. The molecule has 1 atom stereocenters. The summed E-state index contributed by atoms with van der Waals surface area (Å²) in [6.07, 6.45) is 0.220. The summed E-state index contributed by atoms with van der Waals surface area (Å²) in [6, 6.07) is 3.28. The molecule has 1 fully saturated rings. The number of ketones is 1. The van der Waals surface area contributed by atoms with Gasteiger partial charge in [0, 0.05) is 31.5 Å². The molecule has 8 nitrogen and oxygen atoms in total. The van der Waals surface area contributed by atoms with Gasteiger partial charge >= 0.3 is 6.18 Å². The lowest BCUT2D eigenvalue weighted by Crippen LogP contribution is -2.43. The number of para-hydroxylation sites is 1. The fourth-order valence-electron chi connectivity index (χ4n) is 3.91. The molecule has 1 amide bonds. The molecule has 1 aliphatic heterocycles. The molecule has 2 N–H and O–H groups in total. The summed E-state index contributed by atoms with van der Waals surface area (Å²) in [6.45, 7) is -0.112. The Bertz CT molecular complexity index is 1300. The molecule has 0 bridgehead atoms. The fraction of sp³-hybridized carbons (Fsp3) is 0.292. The van der Waals surface area contributed by atoms with Crippen molar-refractivity contribution in [2.24, 2.45) is 5.41 Å². The van der Waals surface area contributed by atoms with Crippen LogP contribution in [0.15, 0.2) is 49.2 Å². The van der Waals surface area contributed by atoms with Crippen LogP contribution in [0.3, 0.4) is 0 Å². The van der Waals surface area contributed by atoms with Gasteiger partial charge < -0.3 is 15.4 Å². The van der Waals surface area contributed by atoms with Crippen molar-refractivity contribution in [3.63, 3.8) is 0 Å². The number of nitrogens with one attached hydrogen (secondary N) is 2. The number of carbonyl (C=O) groups excluding carboxylic acids is 2. The molecule has 1 aromatic carbocycles. The van der Waals surface area contributed by atoms with E-state index in [9.17, 15) is 31.5 Å². The number of halogens is 5. The first kappa shape index (κ1) is 26.1. The molecule has 37 heavy (non-hydrogen) atoms. The first-order chi connectivity index (χ1) is 17.6. The number of hydrogen-bond acceptors (Lipinski definition) is 7. The topological polar surface area (TPSA) is 106 Å². The maximum absolute atomic E-state index is 14.7. The Balaban J connectivity index is 1.45. The lowest BCUT2D eigenvalue weighted by atomic mass is 9.80. The maximum atomic E-state index is 14.7. The number of amides is 1. The smallest absolute Gasteiger partial charge is 0.380 e. The number of carbonyl (C=O) groups is 2. The van der Waals surface area contributed by atoms with Crippen molar-refractivity contribution in [1.29, 1.82) is 0 Å². The minimum Gasteiger partial charge on any atom is -0.380 e. The lowest BCUT2D eigenvalue weighted by molar-refractivity contribution is -0.137. The molecule has 0 spiro atoms. The van der Waals surface area contributed by atoms with Gasteiger partial charge in [0.15, 0.2) is 5.78 Å². The number of aromatic nitrogens is 3. The highest BCUT2D eigenvalue weighted by molar-refractivity contribution is 5.99.